The molecule has 0 saturated carbocycles. The fourth-order valence-electron chi connectivity index (χ4n) is 8.19. The van der Waals surface area contributed by atoms with Crippen molar-refractivity contribution in [3.63, 3.8) is 0 Å². The predicted molar refractivity (Wildman–Crippen MR) is 216 cm³/mol. The van der Waals surface area contributed by atoms with Crippen molar-refractivity contribution in [2.45, 2.75) is 12.0 Å². The molecule has 1 aliphatic carbocycles. The minimum absolute atomic E-state index is 0.0231. The summed E-state index contributed by atoms with van der Waals surface area (Å²) in [6.45, 7) is 0. The number of hydrogen-bond donors (Lipinski definition) is 0. The Labute approximate surface area is 301 Å². The molecule has 0 saturated heterocycles. The Hall–Kier alpha value is -6.64. The molecule has 0 bridgehead atoms. The summed E-state index contributed by atoms with van der Waals surface area (Å²) >= 11 is 0. The number of hydrogen-bond acceptors (Lipinski definition) is 2. The second-order valence-corrected chi connectivity index (χ2v) is 14.1. The number of rotatable bonds is 4. The standard InChI is InChI=1S/C50H32O2/c1-3-7-37-25-39(19-17-31(37)5-1)33-9-13-35(14-10-33)41-21-23-47-43(27-41)45-29-50-46(30-49(45)51-47)44-28-42(22-24-48(44)52-50)36-15-11-34(12-16-36)40-20-18-32-6-2-4-8-38(32)26-40/h1-30,43,47H. The van der Waals surface area contributed by atoms with Gasteiger partial charge in [0.2, 0.25) is 0 Å². The normalized spacial score (nSPS) is 16.3. The fourth-order valence-corrected chi connectivity index (χ4v) is 8.19. The zero-order valence-corrected chi connectivity index (χ0v) is 28.3. The molecule has 9 aromatic rings. The summed E-state index contributed by atoms with van der Waals surface area (Å²) in [5.41, 5.74) is 12.6. The van der Waals surface area contributed by atoms with E-state index in [2.05, 4.69) is 182 Å². The third-order valence-corrected chi connectivity index (χ3v) is 11.0. The quantitative estimate of drug-likeness (QED) is 0.187. The van der Waals surface area contributed by atoms with E-state index in [0.717, 1.165) is 33.3 Å². The molecule has 1 aromatic heterocycles. The lowest BCUT2D eigenvalue weighted by Crippen LogP contribution is -2.16. The maximum atomic E-state index is 6.56. The summed E-state index contributed by atoms with van der Waals surface area (Å²) in [7, 11) is 0. The largest absolute Gasteiger partial charge is 0.485 e. The molecule has 0 spiro atoms. The van der Waals surface area contributed by atoms with Crippen molar-refractivity contribution in [3.8, 4) is 39.1 Å². The molecule has 2 aliphatic rings. The Morgan fingerprint density at radius 1 is 0.404 bits per heavy atom. The number of allylic oxidation sites excluding steroid dienone is 2. The van der Waals surface area contributed by atoms with E-state index < -0.39 is 0 Å². The second-order valence-electron chi connectivity index (χ2n) is 14.1. The number of benzene rings is 8. The monoisotopic (exact) mass is 664 g/mol. The van der Waals surface area contributed by atoms with Gasteiger partial charge >= 0.3 is 0 Å². The molecular weight excluding hydrogens is 633 g/mol. The van der Waals surface area contributed by atoms with Crippen molar-refractivity contribution in [1.29, 1.82) is 0 Å². The summed E-state index contributed by atoms with van der Waals surface area (Å²) < 4.78 is 13.0. The molecule has 0 radical (unpaired) electrons. The SMILES string of the molecule is C1=CC2Oc3cc4c(cc3C2C=C1c1ccc(-c2ccc3ccccc3c2)cc1)oc1ccc(-c2ccc(-c3ccc5ccccc5c3)cc2)cc14. The first-order chi connectivity index (χ1) is 25.7. The molecule has 2 nitrogen and oxygen atoms in total. The Balaban J connectivity index is 0.882. The molecule has 244 valence electrons. The van der Waals surface area contributed by atoms with Crippen LogP contribution in [0, 0.1) is 0 Å². The highest BCUT2D eigenvalue weighted by molar-refractivity contribution is 6.07. The molecule has 0 fully saturated rings. The molecule has 2 unspecified atom stereocenters. The van der Waals surface area contributed by atoms with Gasteiger partial charge < -0.3 is 9.15 Å². The van der Waals surface area contributed by atoms with Crippen molar-refractivity contribution in [3.05, 3.63) is 193 Å². The van der Waals surface area contributed by atoms with Crippen LogP contribution >= 0.6 is 0 Å². The summed E-state index contributed by atoms with van der Waals surface area (Å²) in [5.74, 6) is 1.06. The van der Waals surface area contributed by atoms with Gasteiger partial charge in [0.15, 0.2) is 0 Å². The minimum atomic E-state index is -0.0231. The van der Waals surface area contributed by atoms with E-state index in [9.17, 15) is 0 Å². The summed E-state index contributed by atoms with van der Waals surface area (Å²) in [6.07, 6.45) is 6.74. The summed E-state index contributed by atoms with van der Waals surface area (Å²) in [6, 6.07) is 59.0. The highest BCUT2D eigenvalue weighted by Gasteiger charge is 2.34. The molecule has 1 aliphatic heterocycles. The van der Waals surface area contributed by atoms with Crippen LogP contribution in [0.5, 0.6) is 5.75 Å². The van der Waals surface area contributed by atoms with Crippen molar-refractivity contribution in [1.82, 2.24) is 0 Å². The van der Waals surface area contributed by atoms with Crippen LogP contribution in [0.15, 0.2) is 186 Å². The molecule has 2 atom stereocenters. The zero-order chi connectivity index (χ0) is 34.2. The van der Waals surface area contributed by atoms with Gasteiger partial charge in [-0.3, -0.25) is 0 Å². The van der Waals surface area contributed by atoms with Crippen LogP contribution in [0.25, 0.3) is 82.4 Å². The Kier molecular flexibility index (Phi) is 6.41. The van der Waals surface area contributed by atoms with Gasteiger partial charge in [0.1, 0.15) is 23.0 Å². The molecular formula is C50H32O2. The highest BCUT2D eigenvalue weighted by Crippen LogP contribution is 2.47. The van der Waals surface area contributed by atoms with Crippen LogP contribution in [0.4, 0.5) is 0 Å². The van der Waals surface area contributed by atoms with Crippen molar-refractivity contribution < 1.29 is 9.15 Å². The van der Waals surface area contributed by atoms with Crippen LogP contribution in [0.3, 0.4) is 0 Å². The van der Waals surface area contributed by atoms with Crippen molar-refractivity contribution in [2.24, 2.45) is 0 Å². The van der Waals surface area contributed by atoms with Gasteiger partial charge in [-0.2, -0.15) is 0 Å². The molecule has 8 aromatic carbocycles. The van der Waals surface area contributed by atoms with Crippen molar-refractivity contribution >= 4 is 49.1 Å². The first kappa shape index (κ1) is 29.1. The molecule has 2 heteroatoms. The first-order valence-electron chi connectivity index (χ1n) is 18.0. The average Bonchev–Trinajstić information content (AvgIpc) is 3.76. The third kappa shape index (κ3) is 4.80. The van der Waals surface area contributed by atoms with E-state index in [0.29, 0.717) is 0 Å². The zero-order valence-electron chi connectivity index (χ0n) is 28.3. The first-order valence-corrected chi connectivity index (χ1v) is 18.0. The Bertz CT molecular complexity index is 2920. The molecule has 11 rings (SSSR count). The van der Waals surface area contributed by atoms with Gasteiger partial charge in [-0.1, -0.05) is 140 Å². The van der Waals surface area contributed by atoms with Gasteiger partial charge in [0, 0.05) is 22.3 Å². The molecule has 0 amide bonds. The topological polar surface area (TPSA) is 22.4 Å². The van der Waals surface area contributed by atoms with E-state index in [-0.39, 0.29) is 12.0 Å². The second kappa shape index (κ2) is 11.4. The van der Waals surface area contributed by atoms with E-state index >= 15 is 0 Å². The van der Waals surface area contributed by atoms with Gasteiger partial charge in [0.25, 0.3) is 0 Å². The lowest BCUT2D eigenvalue weighted by Gasteiger charge is -2.19. The molecule has 0 N–H and O–H groups in total. The van der Waals surface area contributed by atoms with Gasteiger partial charge in [-0.05, 0) is 109 Å². The predicted octanol–water partition coefficient (Wildman–Crippen LogP) is 13.4. The van der Waals surface area contributed by atoms with E-state index in [4.69, 9.17) is 9.15 Å². The van der Waals surface area contributed by atoms with Gasteiger partial charge in [-0.25, -0.2) is 0 Å². The molecule has 2 heterocycles. The van der Waals surface area contributed by atoms with Crippen molar-refractivity contribution in [2.75, 3.05) is 0 Å². The highest BCUT2D eigenvalue weighted by atomic mass is 16.5. The maximum Gasteiger partial charge on any atom is 0.135 e. The summed E-state index contributed by atoms with van der Waals surface area (Å²) in [5, 5.41) is 7.22. The maximum absolute atomic E-state index is 6.56. The van der Waals surface area contributed by atoms with Crippen LogP contribution in [-0.2, 0) is 0 Å². The summed E-state index contributed by atoms with van der Waals surface area (Å²) in [4.78, 5) is 0. The Morgan fingerprint density at radius 3 is 1.56 bits per heavy atom. The smallest absolute Gasteiger partial charge is 0.135 e. The number of fused-ring (bicyclic) bond motifs is 8. The minimum Gasteiger partial charge on any atom is -0.485 e. The molecule has 52 heavy (non-hydrogen) atoms. The van der Waals surface area contributed by atoms with Crippen LogP contribution in [-0.4, -0.2) is 6.10 Å². The van der Waals surface area contributed by atoms with Crippen LogP contribution < -0.4 is 4.74 Å². The van der Waals surface area contributed by atoms with E-state index in [1.807, 2.05) is 0 Å². The lowest BCUT2D eigenvalue weighted by molar-refractivity contribution is 0.269. The average molecular weight is 665 g/mol. The fraction of sp³-hybridized carbons (Fsp3) is 0.0400. The van der Waals surface area contributed by atoms with Gasteiger partial charge in [0.05, 0.1) is 0 Å². The van der Waals surface area contributed by atoms with Gasteiger partial charge in [-0.15, -0.1) is 0 Å². The van der Waals surface area contributed by atoms with Crippen LogP contribution in [0.1, 0.15) is 17.0 Å². The van der Waals surface area contributed by atoms with Crippen LogP contribution in [0.2, 0.25) is 0 Å². The number of furan rings is 1. The Morgan fingerprint density at radius 2 is 0.923 bits per heavy atom. The van der Waals surface area contributed by atoms with E-state index in [1.54, 1.807) is 0 Å². The third-order valence-electron chi connectivity index (χ3n) is 11.0. The van der Waals surface area contributed by atoms with E-state index in [1.165, 1.54) is 66.1 Å². The lowest BCUT2D eigenvalue weighted by atomic mass is 9.86. The number of ether oxygens (including phenoxy) is 1.